The van der Waals surface area contributed by atoms with Crippen LogP contribution >= 0.6 is 0 Å². The van der Waals surface area contributed by atoms with Crippen LogP contribution in [0.2, 0.25) is 0 Å². The van der Waals surface area contributed by atoms with Gasteiger partial charge in [0.05, 0.1) is 0 Å². The van der Waals surface area contributed by atoms with Crippen LogP contribution < -0.4 is 0 Å². The zero-order valence-electron chi connectivity index (χ0n) is 6.97. The second-order valence-electron chi connectivity index (χ2n) is 3.26. The lowest BCUT2D eigenvalue weighted by Gasteiger charge is -1.90. The van der Waals surface area contributed by atoms with Gasteiger partial charge in [0, 0.05) is 0 Å². The summed E-state index contributed by atoms with van der Waals surface area (Å²) in [6, 6.07) is 0. The van der Waals surface area contributed by atoms with Crippen molar-refractivity contribution in [2.45, 2.75) is 45.4 Å². The van der Waals surface area contributed by atoms with Crippen LogP contribution in [0, 0.1) is 5.92 Å². The van der Waals surface area contributed by atoms with Crippen molar-refractivity contribution in [2.75, 3.05) is 0 Å². The van der Waals surface area contributed by atoms with Gasteiger partial charge in [-0.25, -0.2) is 0 Å². The Morgan fingerprint density at radius 1 is 1.30 bits per heavy atom. The zero-order chi connectivity index (χ0) is 7.23. The Bertz CT molecular complexity index is 98.6. The first-order chi connectivity index (χ1) is 4.93. The number of hydrogen-bond acceptors (Lipinski definition) is 0. The van der Waals surface area contributed by atoms with E-state index in [1.54, 1.807) is 0 Å². The summed E-state index contributed by atoms with van der Waals surface area (Å²) in [5.41, 5.74) is 0. The van der Waals surface area contributed by atoms with Crippen molar-refractivity contribution in [3.63, 3.8) is 0 Å². The molecule has 1 fully saturated rings. The van der Waals surface area contributed by atoms with Crippen LogP contribution in [0.4, 0.5) is 0 Å². The second-order valence-corrected chi connectivity index (χ2v) is 3.26. The van der Waals surface area contributed by atoms with E-state index in [-0.39, 0.29) is 0 Å². The Morgan fingerprint density at radius 2 is 2.10 bits per heavy atom. The van der Waals surface area contributed by atoms with Crippen molar-refractivity contribution >= 4 is 0 Å². The predicted molar refractivity (Wildman–Crippen MR) is 46.0 cm³/mol. The molecular weight excluding hydrogens is 120 g/mol. The van der Waals surface area contributed by atoms with E-state index in [1.165, 1.54) is 38.5 Å². The molecule has 0 atom stereocenters. The van der Waals surface area contributed by atoms with E-state index in [9.17, 15) is 0 Å². The molecule has 0 aromatic rings. The van der Waals surface area contributed by atoms with Crippen LogP contribution in [0.1, 0.15) is 45.4 Å². The summed E-state index contributed by atoms with van der Waals surface area (Å²) in [4.78, 5) is 0. The summed E-state index contributed by atoms with van der Waals surface area (Å²) in [6.45, 7) is 2.25. The molecule has 0 radical (unpaired) electrons. The number of unbranched alkanes of at least 4 members (excludes halogenated alkanes) is 3. The molecule has 0 amide bonds. The maximum Gasteiger partial charge on any atom is -0.0233 e. The van der Waals surface area contributed by atoms with Gasteiger partial charge in [0.25, 0.3) is 0 Å². The maximum absolute atomic E-state index is 2.40. The van der Waals surface area contributed by atoms with Gasteiger partial charge in [-0.2, -0.15) is 0 Å². The molecule has 0 N–H and O–H groups in total. The van der Waals surface area contributed by atoms with Gasteiger partial charge in [-0.05, 0) is 31.6 Å². The number of allylic oxidation sites excluding steroid dienone is 2. The lowest BCUT2D eigenvalue weighted by atomic mass is 10.2. The van der Waals surface area contributed by atoms with Crippen molar-refractivity contribution in [1.29, 1.82) is 0 Å². The number of rotatable bonds is 5. The summed E-state index contributed by atoms with van der Waals surface area (Å²) >= 11 is 0. The van der Waals surface area contributed by atoms with Gasteiger partial charge in [-0.1, -0.05) is 31.9 Å². The van der Waals surface area contributed by atoms with E-state index in [4.69, 9.17) is 0 Å². The molecule has 1 aliphatic carbocycles. The fourth-order valence-electron chi connectivity index (χ4n) is 1.09. The molecule has 0 heteroatoms. The largest absolute Gasteiger partial charge is 0.0883 e. The molecule has 0 aliphatic heterocycles. The average Bonchev–Trinajstić information content (AvgIpc) is 2.71. The molecule has 0 nitrogen and oxygen atoms in total. The Morgan fingerprint density at radius 3 is 2.70 bits per heavy atom. The minimum atomic E-state index is 0.974. The number of hydrogen-bond donors (Lipinski definition) is 0. The van der Waals surface area contributed by atoms with Gasteiger partial charge >= 0.3 is 0 Å². The summed E-state index contributed by atoms with van der Waals surface area (Å²) in [5.74, 6) is 0.974. The predicted octanol–water partition coefficient (Wildman–Crippen LogP) is 3.53. The van der Waals surface area contributed by atoms with E-state index in [0.717, 1.165) is 5.92 Å². The molecule has 0 bridgehead atoms. The van der Waals surface area contributed by atoms with Crippen molar-refractivity contribution < 1.29 is 0 Å². The summed E-state index contributed by atoms with van der Waals surface area (Å²) < 4.78 is 0. The lowest BCUT2D eigenvalue weighted by molar-refractivity contribution is 0.727. The highest BCUT2D eigenvalue weighted by Crippen LogP contribution is 2.30. The molecule has 0 saturated heterocycles. The second kappa shape index (κ2) is 4.54. The van der Waals surface area contributed by atoms with Gasteiger partial charge in [-0.15, -0.1) is 0 Å². The summed E-state index contributed by atoms with van der Waals surface area (Å²) in [5, 5.41) is 0. The molecule has 1 rings (SSSR count). The quantitative estimate of drug-likeness (QED) is 0.402. The highest BCUT2D eigenvalue weighted by molar-refractivity contribution is 4.95. The fourth-order valence-corrected chi connectivity index (χ4v) is 1.09. The van der Waals surface area contributed by atoms with Crippen molar-refractivity contribution in [3.05, 3.63) is 12.2 Å². The van der Waals surface area contributed by atoms with Gasteiger partial charge < -0.3 is 0 Å². The first kappa shape index (κ1) is 7.84. The van der Waals surface area contributed by atoms with Crippen molar-refractivity contribution in [2.24, 2.45) is 5.92 Å². The standard InChI is InChI=1S/C10H18/c1-2-3-4-5-6-7-10-8-9-10/h6-7,10H,2-5,8-9H2,1H3/b7-6+. The summed E-state index contributed by atoms with van der Waals surface area (Å²) in [7, 11) is 0. The van der Waals surface area contributed by atoms with Crippen LogP contribution in [0.5, 0.6) is 0 Å². The molecule has 58 valence electrons. The first-order valence-corrected chi connectivity index (χ1v) is 4.60. The molecular formula is C10H18. The summed E-state index contributed by atoms with van der Waals surface area (Å²) in [6.07, 6.45) is 13.1. The lowest BCUT2D eigenvalue weighted by Crippen LogP contribution is -1.71. The average molecular weight is 138 g/mol. The topological polar surface area (TPSA) is 0 Å². The minimum Gasteiger partial charge on any atom is -0.0883 e. The Kier molecular flexibility index (Phi) is 3.56. The van der Waals surface area contributed by atoms with E-state index in [2.05, 4.69) is 19.1 Å². The third kappa shape index (κ3) is 3.71. The van der Waals surface area contributed by atoms with Crippen LogP contribution in [-0.4, -0.2) is 0 Å². The molecule has 1 aliphatic rings. The highest BCUT2D eigenvalue weighted by Gasteiger charge is 2.16. The Hall–Kier alpha value is -0.260. The maximum atomic E-state index is 2.40. The monoisotopic (exact) mass is 138 g/mol. The van der Waals surface area contributed by atoms with Crippen molar-refractivity contribution in [3.8, 4) is 0 Å². The Balaban J connectivity index is 1.83. The third-order valence-corrected chi connectivity index (χ3v) is 2.00. The molecule has 0 unspecified atom stereocenters. The molecule has 0 aromatic carbocycles. The van der Waals surface area contributed by atoms with Crippen LogP contribution in [-0.2, 0) is 0 Å². The van der Waals surface area contributed by atoms with Gasteiger partial charge in [-0.3, -0.25) is 0 Å². The minimum absolute atomic E-state index is 0.974. The SMILES string of the molecule is CCCCC/C=C/C1CC1. The Labute approximate surface area is 64.3 Å². The van der Waals surface area contributed by atoms with Crippen LogP contribution in [0.3, 0.4) is 0 Å². The van der Waals surface area contributed by atoms with E-state index in [0.29, 0.717) is 0 Å². The van der Waals surface area contributed by atoms with Crippen LogP contribution in [0.15, 0.2) is 12.2 Å². The molecule has 10 heavy (non-hydrogen) atoms. The zero-order valence-corrected chi connectivity index (χ0v) is 6.97. The van der Waals surface area contributed by atoms with Gasteiger partial charge in [0.1, 0.15) is 0 Å². The van der Waals surface area contributed by atoms with Gasteiger partial charge in [0.2, 0.25) is 0 Å². The van der Waals surface area contributed by atoms with E-state index < -0.39 is 0 Å². The van der Waals surface area contributed by atoms with Crippen molar-refractivity contribution in [1.82, 2.24) is 0 Å². The van der Waals surface area contributed by atoms with E-state index in [1.807, 2.05) is 0 Å². The van der Waals surface area contributed by atoms with E-state index >= 15 is 0 Å². The normalized spacial score (nSPS) is 18.5. The highest BCUT2D eigenvalue weighted by atomic mass is 14.2. The van der Waals surface area contributed by atoms with Gasteiger partial charge in [0.15, 0.2) is 0 Å². The molecule has 1 saturated carbocycles. The smallest absolute Gasteiger partial charge is 0.0233 e. The molecule has 0 heterocycles. The molecule has 0 spiro atoms. The fraction of sp³-hybridized carbons (Fsp3) is 0.800. The third-order valence-electron chi connectivity index (χ3n) is 2.00. The molecule has 0 aromatic heterocycles. The first-order valence-electron chi connectivity index (χ1n) is 4.60. The van der Waals surface area contributed by atoms with Crippen LogP contribution in [0.25, 0.3) is 0 Å².